The summed E-state index contributed by atoms with van der Waals surface area (Å²) in [5, 5.41) is 0. The molecular weight excluding hydrogens is 416 g/mol. The number of imide groups is 2. The average molecular weight is 453 g/mol. The van der Waals surface area contributed by atoms with Gasteiger partial charge in [0.1, 0.15) is 17.5 Å². The fourth-order valence-corrected chi connectivity index (χ4v) is 3.13. The van der Waals surface area contributed by atoms with Crippen LogP contribution in [0.3, 0.4) is 0 Å². The number of likely N-dealkylation sites (tertiary alicyclic amines) is 2. The molecule has 0 radical (unpaired) electrons. The lowest BCUT2D eigenvalue weighted by Crippen LogP contribution is -2.37. The van der Waals surface area contributed by atoms with Crippen LogP contribution in [0.5, 0.6) is 0 Å². The van der Waals surface area contributed by atoms with Gasteiger partial charge >= 0.3 is 12.2 Å². The van der Waals surface area contributed by atoms with Gasteiger partial charge in [0, 0.05) is 37.8 Å². The molecular formula is C23H36N2O7. The Bertz CT molecular complexity index is 770. The lowest BCUT2D eigenvalue weighted by Gasteiger charge is -2.23. The predicted octanol–water partition coefficient (Wildman–Crippen LogP) is 3.71. The van der Waals surface area contributed by atoms with Crippen LogP contribution in [0, 0.1) is 11.8 Å². The third kappa shape index (κ3) is 9.20. The molecule has 4 amide bonds. The second-order valence-electron chi connectivity index (χ2n) is 10.3. The van der Waals surface area contributed by atoms with Crippen molar-refractivity contribution in [3.8, 4) is 0 Å². The first-order chi connectivity index (χ1) is 14.5. The molecule has 2 rings (SSSR count). The maximum atomic E-state index is 11.8. The van der Waals surface area contributed by atoms with Gasteiger partial charge in [-0.05, 0) is 55.4 Å². The van der Waals surface area contributed by atoms with Gasteiger partial charge in [-0.1, -0.05) is 11.6 Å². The van der Waals surface area contributed by atoms with Crippen LogP contribution in [0.2, 0.25) is 0 Å². The summed E-state index contributed by atoms with van der Waals surface area (Å²) in [5.74, 6) is -0.756. The molecule has 9 nitrogen and oxygen atoms in total. The maximum Gasteiger partial charge on any atom is 0.417 e. The third-order valence-electron chi connectivity index (χ3n) is 4.30. The first-order valence-corrected chi connectivity index (χ1v) is 10.7. The zero-order valence-corrected chi connectivity index (χ0v) is 20.4. The summed E-state index contributed by atoms with van der Waals surface area (Å²) < 4.78 is 10.2. The molecule has 180 valence electrons. The number of hydrogen-bond acceptors (Lipinski definition) is 7. The monoisotopic (exact) mass is 452 g/mol. The number of ether oxygens (including phenoxy) is 2. The van der Waals surface area contributed by atoms with E-state index in [9.17, 15) is 24.0 Å². The maximum absolute atomic E-state index is 11.8. The Kier molecular flexibility index (Phi) is 9.17. The molecule has 2 aliphatic heterocycles. The Morgan fingerprint density at radius 1 is 0.812 bits per heavy atom. The van der Waals surface area contributed by atoms with E-state index in [4.69, 9.17) is 9.47 Å². The molecule has 0 aromatic rings. The minimum atomic E-state index is -0.670. The van der Waals surface area contributed by atoms with E-state index in [1.807, 2.05) is 19.9 Å². The summed E-state index contributed by atoms with van der Waals surface area (Å²) >= 11 is 0. The molecule has 0 spiro atoms. The van der Waals surface area contributed by atoms with E-state index in [0.717, 1.165) is 10.5 Å². The third-order valence-corrected chi connectivity index (χ3v) is 4.30. The number of amides is 4. The Balaban J connectivity index is 0.000000323. The van der Waals surface area contributed by atoms with Crippen LogP contribution in [-0.2, 0) is 23.9 Å². The van der Waals surface area contributed by atoms with Crippen LogP contribution in [-0.4, -0.2) is 64.4 Å². The summed E-state index contributed by atoms with van der Waals surface area (Å²) in [6.45, 7) is 15.1. The number of nitrogens with zero attached hydrogens (tertiary/aromatic N) is 2. The van der Waals surface area contributed by atoms with E-state index in [1.54, 1.807) is 41.5 Å². The van der Waals surface area contributed by atoms with Crippen molar-refractivity contribution in [2.24, 2.45) is 11.8 Å². The molecule has 0 bridgehead atoms. The summed E-state index contributed by atoms with van der Waals surface area (Å²) in [7, 11) is 0. The zero-order chi connectivity index (χ0) is 24.9. The fraction of sp³-hybridized carbons (Fsp3) is 0.696. The summed E-state index contributed by atoms with van der Waals surface area (Å²) in [4.78, 5) is 59.0. The molecule has 0 saturated carbocycles. The minimum Gasteiger partial charge on any atom is -0.443 e. The highest BCUT2D eigenvalue weighted by molar-refractivity contribution is 5.95. The van der Waals surface area contributed by atoms with E-state index in [-0.39, 0.29) is 36.6 Å². The predicted molar refractivity (Wildman–Crippen MR) is 118 cm³/mol. The van der Waals surface area contributed by atoms with Crippen molar-refractivity contribution in [3.05, 3.63) is 11.6 Å². The second kappa shape index (κ2) is 10.7. The average Bonchev–Trinajstić information content (AvgIpc) is 3.14. The molecule has 32 heavy (non-hydrogen) atoms. The lowest BCUT2D eigenvalue weighted by molar-refractivity contribution is -0.128. The van der Waals surface area contributed by atoms with Gasteiger partial charge in [0.15, 0.2) is 0 Å². The topological polar surface area (TPSA) is 110 Å². The molecule has 0 aliphatic carbocycles. The van der Waals surface area contributed by atoms with Gasteiger partial charge in [-0.3, -0.25) is 9.59 Å². The van der Waals surface area contributed by atoms with Crippen LogP contribution in [0.15, 0.2) is 11.6 Å². The van der Waals surface area contributed by atoms with Crippen LogP contribution in [0.1, 0.15) is 68.2 Å². The Morgan fingerprint density at radius 3 is 1.50 bits per heavy atom. The normalized spacial score (nSPS) is 21.0. The first-order valence-electron chi connectivity index (χ1n) is 10.7. The standard InChI is InChI=1S/C13H21NO3.C10H15NO4/c1-9(2)6-10-7-11(15)14(8-10)12(16)17-13(3,4)5;1-10(2,3)15-9(14)11-5-7(6-12)4-8(11)13/h6,10H,7-8H2,1-5H3;6-7H,4-5H2,1-3H3/t10-;7-/m00/s1. The van der Waals surface area contributed by atoms with Crippen LogP contribution in [0.25, 0.3) is 0 Å². The van der Waals surface area contributed by atoms with Crippen molar-refractivity contribution >= 4 is 30.3 Å². The van der Waals surface area contributed by atoms with E-state index in [1.165, 1.54) is 4.90 Å². The fourth-order valence-electron chi connectivity index (χ4n) is 3.13. The van der Waals surface area contributed by atoms with Crippen molar-refractivity contribution in [2.75, 3.05) is 13.1 Å². The van der Waals surface area contributed by atoms with Gasteiger partial charge < -0.3 is 14.3 Å². The summed E-state index contributed by atoms with van der Waals surface area (Å²) in [6.07, 6.45) is 2.02. The van der Waals surface area contributed by atoms with Gasteiger partial charge in [-0.2, -0.15) is 0 Å². The number of allylic oxidation sites excluding steroid dienone is 1. The largest absolute Gasteiger partial charge is 0.443 e. The van der Waals surface area contributed by atoms with Crippen molar-refractivity contribution in [2.45, 2.75) is 79.4 Å². The van der Waals surface area contributed by atoms with Gasteiger partial charge in [0.2, 0.25) is 11.8 Å². The number of rotatable bonds is 2. The highest BCUT2D eigenvalue weighted by Crippen LogP contribution is 2.23. The van der Waals surface area contributed by atoms with E-state index >= 15 is 0 Å². The molecule has 2 heterocycles. The highest BCUT2D eigenvalue weighted by Gasteiger charge is 2.36. The van der Waals surface area contributed by atoms with Crippen LogP contribution in [0.4, 0.5) is 9.59 Å². The van der Waals surface area contributed by atoms with Gasteiger partial charge in [0.25, 0.3) is 0 Å². The number of carbonyl (C=O) groups excluding carboxylic acids is 5. The summed E-state index contributed by atoms with van der Waals surface area (Å²) in [6, 6.07) is 0. The Hall–Kier alpha value is -2.71. The smallest absolute Gasteiger partial charge is 0.417 e. The molecule has 9 heteroatoms. The molecule has 0 unspecified atom stereocenters. The molecule has 2 fully saturated rings. The van der Waals surface area contributed by atoms with Crippen LogP contribution >= 0.6 is 0 Å². The second-order valence-corrected chi connectivity index (χ2v) is 10.3. The molecule has 2 atom stereocenters. The Labute approximate surface area is 190 Å². The van der Waals surface area contributed by atoms with Gasteiger partial charge in [-0.25, -0.2) is 19.4 Å². The van der Waals surface area contributed by atoms with E-state index in [0.29, 0.717) is 19.3 Å². The minimum absolute atomic E-state index is 0.0999. The molecule has 0 aromatic carbocycles. The van der Waals surface area contributed by atoms with E-state index in [2.05, 4.69) is 0 Å². The molecule has 0 N–H and O–H groups in total. The first kappa shape index (κ1) is 27.3. The highest BCUT2D eigenvalue weighted by atomic mass is 16.6. The van der Waals surface area contributed by atoms with Gasteiger partial charge in [-0.15, -0.1) is 0 Å². The SMILES string of the molecule is CC(C)(C)OC(=O)N1C[C@@H](C=O)CC1=O.CC(C)=C[C@H]1CC(=O)N(C(=O)OC(C)(C)C)C1. The number of carbonyl (C=O) groups is 5. The number of hydrogen-bond donors (Lipinski definition) is 0. The Morgan fingerprint density at radius 2 is 1.19 bits per heavy atom. The molecule has 0 aromatic heterocycles. The number of aldehydes is 1. The zero-order valence-electron chi connectivity index (χ0n) is 20.4. The summed E-state index contributed by atoms with van der Waals surface area (Å²) in [5.41, 5.74) is -0.0309. The molecule has 2 aliphatic rings. The quantitative estimate of drug-likeness (QED) is 0.464. The lowest BCUT2D eigenvalue weighted by atomic mass is 10.1. The van der Waals surface area contributed by atoms with Crippen molar-refractivity contribution < 1.29 is 33.4 Å². The van der Waals surface area contributed by atoms with Crippen molar-refractivity contribution in [1.29, 1.82) is 0 Å². The van der Waals surface area contributed by atoms with Crippen molar-refractivity contribution in [1.82, 2.24) is 9.80 Å². The van der Waals surface area contributed by atoms with Crippen LogP contribution < -0.4 is 0 Å². The van der Waals surface area contributed by atoms with Gasteiger partial charge in [0.05, 0.1) is 0 Å². The van der Waals surface area contributed by atoms with E-state index < -0.39 is 23.4 Å². The van der Waals surface area contributed by atoms with Crippen molar-refractivity contribution in [3.63, 3.8) is 0 Å². The molecule has 2 saturated heterocycles.